The topological polar surface area (TPSA) is 72.5 Å². The lowest BCUT2D eigenvalue weighted by atomic mass is 9.99. The number of nitrogens with two attached hydrogens (primary N) is 1. The molecule has 1 rings (SSSR count). The Morgan fingerprint density at radius 1 is 1.53 bits per heavy atom. The van der Waals surface area contributed by atoms with Gasteiger partial charge in [0.15, 0.2) is 0 Å². The van der Waals surface area contributed by atoms with Crippen molar-refractivity contribution in [2.45, 2.75) is 12.5 Å². The van der Waals surface area contributed by atoms with Crippen molar-refractivity contribution in [2.24, 2.45) is 5.73 Å². The molecule has 0 fully saturated rings. The van der Waals surface area contributed by atoms with E-state index in [1.165, 1.54) is 7.11 Å². The second-order valence-corrected chi connectivity index (χ2v) is 3.20. The molecule has 0 aliphatic carbocycles. The van der Waals surface area contributed by atoms with Gasteiger partial charge in [-0.05, 0) is 18.1 Å². The van der Waals surface area contributed by atoms with Crippen LogP contribution in [0.3, 0.4) is 0 Å². The first-order chi connectivity index (χ1) is 7.20. The minimum atomic E-state index is -0.404. The SMILES string of the molecule is COC(=O)c1ccccc1[C@@H](N)CCO. The molecule has 0 saturated heterocycles. The second kappa shape index (κ2) is 5.48. The lowest BCUT2D eigenvalue weighted by Crippen LogP contribution is -2.16. The van der Waals surface area contributed by atoms with Gasteiger partial charge in [0, 0.05) is 12.6 Å². The zero-order valence-corrected chi connectivity index (χ0v) is 8.64. The fourth-order valence-electron chi connectivity index (χ4n) is 1.41. The summed E-state index contributed by atoms with van der Waals surface area (Å²) in [5, 5.41) is 8.79. The van der Waals surface area contributed by atoms with Crippen molar-refractivity contribution in [3.05, 3.63) is 35.4 Å². The Morgan fingerprint density at radius 2 is 2.20 bits per heavy atom. The van der Waals surface area contributed by atoms with E-state index in [0.717, 1.165) is 0 Å². The van der Waals surface area contributed by atoms with Crippen LogP contribution in [0.25, 0.3) is 0 Å². The smallest absolute Gasteiger partial charge is 0.338 e. The Bertz CT molecular complexity index is 338. The third kappa shape index (κ3) is 2.78. The summed E-state index contributed by atoms with van der Waals surface area (Å²) in [5.41, 5.74) is 7.00. The van der Waals surface area contributed by atoms with Crippen LogP contribution in [-0.4, -0.2) is 24.8 Å². The van der Waals surface area contributed by atoms with Crippen molar-refractivity contribution in [1.29, 1.82) is 0 Å². The molecule has 0 aliphatic rings. The molecule has 0 radical (unpaired) electrons. The standard InChI is InChI=1S/C11H15NO3/c1-15-11(14)9-5-3-2-4-8(9)10(12)6-7-13/h2-5,10,13H,6-7,12H2,1H3/t10-/m0/s1. The molecular formula is C11H15NO3. The van der Waals surface area contributed by atoms with Crippen LogP contribution in [0.1, 0.15) is 28.4 Å². The second-order valence-electron chi connectivity index (χ2n) is 3.20. The van der Waals surface area contributed by atoms with E-state index in [9.17, 15) is 4.79 Å². The maximum atomic E-state index is 11.4. The van der Waals surface area contributed by atoms with E-state index in [4.69, 9.17) is 10.8 Å². The summed E-state index contributed by atoms with van der Waals surface area (Å²) in [6, 6.07) is 6.65. The van der Waals surface area contributed by atoms with E-state index in [2.05, 4.69) is 4.74 Å². The van der Waals surface area contributed by atoms with Gasteiger partial charge in [0.05, 0.1) is 12.7 Å². The predicted octanol–water partition coefficient (Wildman–Crippen LogP) is 0.855. The number of benzene rings is 1. The molecule has 1 aromatic rings. The Kier molecular flexibility index (Phi) is 4.27. The van der Waals surface area contributed by atoms with E-state index >= 15 is 0 Å². The van der Waals surface area contributed by atoms with Gasteiger partial charge in [-0.3, -0.25) is 0 Å². The maximum Gasteiger partial charge on any atom is 0.338 e. The third-order valence-corrected chi connectivity index (χ3v) is 2.21. The lowest BCUT2D eigenvalue weighted by molar-refractivity contribution is 0.0598. The van der Waals surface area contributed by atoms with E-state index in [-0.39, 0.29) is 12.6 Å². The maximum absolute atomic E-state index is 11.4. The van der Waals surface area contributed by atoms with Crippen molar-refractivity contribution >= 4 is 5.97 Å². The summed E-state index contributed by atoms with van der Waals surface area (Å²) in [6.45, 7) is -0.00330. The zero-order valence-electron chi connectivity index (χ0n) is 8.64. The summed E-state index contributed by atoms with van der Waals surface area (Å²) in [6.07, 6.45) is 0.425. The predicted molar refractivity (Wildman–Crippen MR) is 56.4 cm³/mol. The van der Waals surface area contributed by atoms with Crippen molar-refractivity contribution in [2.75, 3.05) is 13.7 Å². The van der Waals surface area contributed by atoms with Gasteiger partial charge in [-0.15, -0.1) is 0 Å². The minimum absolute atomic E-state index is 0.00330. The molecule has 0 heterocycles. The molecule has 0 amide bonds. The number of rotatable bonds is 4. The van der Waals surface area contributed by atoms with Crippen LogP contribution < -0.4 is 5.73 Å². The molecule has 4 nitrogen and oxygen atoms in total. The molecule has 4 heteroatoms. The van der Waals surface area contributed by atoms with Crippen LogP contribution in [0.4, 0.5) is 0 Å². The van der Waals surface area contributed by atoms with Crippen LogP contribution in [0, 0.1) is 0 Å². The van der Waals surface area contributed by atoms with Crippen molar-refractivity contribution in [1.82, 2.24) is 0 Å². The zero-order chi connectivity index (χ0) is 11.3. The molecule has 0 bridgehead atoms. The third-order valence-electron chi connectivity index (χ3n) is 2.21. The number of carbonyl (C=O) groups is 1. The highest BCUT2D eigenvalue weighted by atomic mass is 16.5. The first-order valence-corrected chi connectivity index (χ1v) is 4.74. The number of aliphatic hydroxyl groups excluding tert-OH is 1. The van der Waals surface area contributed by atoms with Gasteiger partial charge in [0.2, 0.25) is 0 Å². The Labute approximate surface area is 88.7 Å². The molecular weight excluding hydrogens is 194 g/mol. The highest BCUT2D eigenvalue weighted by molar-refractivity contribution is 5.91. The van der Waals surface area contributed by atoms with E-state index in [1.807, 2.05) is 0 Å². The monoisotopic (exact) mass is 209 g/mol. The normalized spacial score (nSPS) is 12.2. The molecule has 0 aromatic heterocycles. The van der Waals surface area contributed by atoms with Gasteiger partial charge < -0.3 is 15.6 Å². The summed E-state index contributed by atoms with van der Waals surface area (Å²) in [5.74, 6) is -0.404. The van der Waals surface area contributed by atoms with Crippen LogP contribution in [-0.2, 0) is 4.74 Å². The fourth-order valence-corrected chi connectivity index (χ4v) is 1.41. The van der Waals surface area contributed by atoms with Gasteiger partial charge in [-0.2, -0.15) is 0 Å². The quantitative estimate of drug-likeness (QED) is 0.721. The number of aliphatic hydroxyl groups is 1. The van der Waals surface area contributed by atoms with Crippen LogP contribution in [0.2, 0.25) is 0 Å². The number of hydrogen-bond donors (Lipinski definition) is 2. The van der Waals surface area contributed by atoms with Crippen LogP contribution in [0.15, 0.2) is 24.3 Å². The molecule has 0 spiro atoms. The first-order valence-electron chi connectivity index (χ1n) is 4.74. The Morgan fingerprint density at radius 3 is 2.80 bits per heavy atom. The van der Waals surface area contributed by atoms with E-state index < -0.39 is 5.97 Å². The molecule has 0 aliphatic heterocycles. The minimum Gasteiger partial charge on any atom is -0.465 e. The molecule has 1 aromatic carbocycles. The number of hydrogen-bond acceptors (Lipinski definition) is 4. The molecule has 15 heavy (non-hydrogen) atoms. The van der Waals surface area contributed by atoms with Crippen molar-refractivity contribution in [3.8, 4) is 0 Å². The molecule has 82 valence electrons. The Balaban J connectivity index is 3.00. The van der Waals surface area contributed by atoms with E-state index in [1.54, 1.807) is 24.3 Å². The Hall–Kier alpha value is -1.39. The highest BCUT2D eigenvalue weighted by Crippen LogP contribution is 2.19. The highest BCUT2D eigenvalue weighted by Gasteiger charge is 2.15. The number of methoxy groups -OCH3 is 1. The summed E-state index contributed by atoms with van der Waals surface area (Å²) in [7, 11) is 1.33. The molecule has 1 atom stereocenters. The first kappa shape index (κ1) is 11.7. The summed E-state index contributed by atoms with van der Waals surface area (Å²) < 4.78 is 4.65. The van der Waals surface area contributed by atoms with Crippen molar-refractivity contribution < 1.29 is 14.6 Å². The largest absolute Gasteiger partial charge is 0.465 e. The summed E-state index contributed by atoms with van der Waals surface area (Å²) >= 11 is 0. The molecule has 3 N–H and O–H groups in total. The van der Waals surface area contributed by atoms with Gasteiger partial charge in [-0.1, -0.05) is 18.2 Å². The van der Waals surface area contributed by atoms with Gasteiger partial charge in [0.25, 0.3) is 0 Å². The summed E-state index contributed by atoms with van der Waals surface area (Å²) in [4.78, 5) is 11.4. The molecule has 0 saturated carbocycles. The van der Waals surface area contributed by atoms with Crippen LogP contribution in [0.5, 0.6) is 0 Å². The van der Waals surface area contributed by atoms with Gasteiger partial charge >= 0.3 is 5.97 Å². The average molecular weight is 209 g/mol. The lowest BCUT2D eigenvalue weighted by Gasteiger charge is -2.13. The average Bonchev–Trinajstić information content (AvgIpc) is 2.28. The van der Waals surface area contributed by atoms with Gasteiger partial charge in [-0.25, -0.2) is 4.79 Å². The fraction of sp³-hybridized carbons (Fsp3) is 0.364. The number of esters is 1. The van der Waals surface area contributed by atoms with Crippen molar-refractivity contribution in [3.63, 3.8) is 0 Å². The number of carbonyl (C=O) groups excluding carboxylic acids is 1. The van der Waals surface area contributed by atoms with Gasteiger partial charge in [0.1, 0.15) is 0 Å². The van der Waals surface area contributed by atoms with E-state index in [0.29, 0.717) is 17.5 Å². The number of ether oxygens (including phenoxy) is 1. The molecule has 0 unspecified atom stereocenters. The van der Waals surface area contributed by atoms with Crippen LogP contribution >= 0.6 is 0 Å².